The third kappa shape index (κ3) is 3.35. The molecule has 0 atom stereocenters. The lowest BCUT2D eigenvalue weighted by atomic mass is 10.1. The highest BCUT2D eigenvalue weighted by Gasteiger charge is 2.06. The minimum Gasteiger partial charge on any atom is -0.494 e. The minimum absolute atomic E-state index is 0.625. The standard InChI is InChI=1S/C15H21N3O/c1-3-10-19-14-6-4-13(5-7-14)15-11-18(9-8-16)12(2)17-15/h4-7,11H,3,8-10,16H2,1-2H3. The Labute approximate surface area is 114 Å². The van der Waals surface area contributed by atoms with Crippen molar-refractivity contribution in [3.05, 3.63) is 36.3 Å². The zero-order valence-corrected chi connectivity index (χ0v) is 11.6. The van der Waals surface area contributed by atoms with Gasteiger partial charge in [-0.05, 0) is 37.6 Å². The third-order valence-corrected chi connectivity index (χ3v) is 2.97. The molecule has 1 heterocycles. The molecule has 0 fully saturated rings. The number of hydrogen-bond acceptors (Lipinski definition) is 3. The van der Waals surface area contributed by atoms with Crippen molar-refractivity contribution in [3.63, 3.8) is 0 Å². The molecule has 0 amide bonds. The second-order valence-electron chi connectivity index (χ2n) is 4.53. The summed E-state index contributed by atoms with van der Waals surface area (Å²) in [5, 5.41) is 0. The van der Waals surface area contributed by atoms with Crippen LogP contribution in [0.15, 0.2) is 30.5 Å². The van der Waals surface area contributed by atoms with Crippen molar-refractivity contribution >= 4 is 0 Å². The Hall–Kier alpha value is -1.81. The van der Waals surface area contributed by atoms with Crippen LogP contribution in [0.25, 0.3) is 11.3 Å². The monoisotopic (exact) mass is 259 g/mol. The normalized spacial score (nSPS) is 10.7. The van der Waals surface area contributed by atoms with Gasteiger partial charge in [-0.1, -0.05) is 6.92 Å². The first kappa shape index (κ1) is 13.6. The quantitative estimate of drug-likeness (QED) is 0.867. The summed E-state index contributed by atoms with van der Waals surface area (Å²) >= 11 is 0. The lowest BCUT2D eigenvalue weighted by Gasteiger charge is -2.04. The Kier molecular flexibility index (Phi) is 4.58. The van der Waals surface area contributed by atoms with Gasteiger partial charge in [-0.2, -0.15) is 0 Å². The summed E-state index contributed by atoms with van der Waals surface area (Å²) in [5.41, 5.74) is 7.66. The molecule has 0 aliphatic carbocycles. The summed E-state index contributed by atoms with van der Waals surface area (Å²) in [4.78, 5) is 4.56. The van der Waals surface area contributed by atoms with Crippen LogP contribution in [0.1, 0.15) is 19.2 Å². The number of aryl methyl sites for hydroxylation is 1. The molecule has 0 aliphatic heterocycles. The van der Waals surface area contributed by atoms with Crippen molar-refractivity contribution in [1.29, 1.82) is 0 Å². The van der Waals surface area contributed by atoms with Gasteiger partial charge in [0.2, 0.25) is 0 Å². The number of ether oxygens (including phenoxy) is 1. The van der Waals surface area contributed by atoms with Crippen molar-refractivity contribution in [3.8, 4) is 17.0 Å². The van der Waals surface area contributed by atoms with Crippen molar-refractivity contribution in [2.45, 2.75) is 26.8 Å². The van der Waals surface area contributed by atoms with Gasteiger partial charge in [0.05, 0.1) is 12.3 Å². The minimum atomic E-state index is 0.625. The van der Waals surface area contributed by atoms with E-state index in [1.807, 2.05) is 37.4 Å². The van der Waals surface area contributed by atoms with Gasteiger partial charge in [-0.3, -0.25) is 0 Å². The molecule has 0 spiro atoms. The van der Waals surface area contributed by atoms with E-state index in [0.717, 1.165) is 42.4 Å². The average Bonchev–Trinajstić information content (AvgIpc) is 2.79. The molecule has 1 aromatic heterocycles. The van der Waals surface area contributed by atoms with Crippen LogP contribution >= 0.6 is 0 Å². The van der Waals surface area contributed by atoms with Crippen LogP contribution in [-0.4, -0.2) is 22.7 Å². The van der Waals surface area contributed by atoms with E-state index in [1.54, 1.807) is 0 Å². The number of aromatic nitrogens is 2. The summed E-state index contributed by atoms with van der Waals surface area (Å²) in [6.07, 6.45) is 3.06. The first-order valence-corrected chi connectivity index (χ1v) is 6.71. The molecule has 0 bridgehead atoms. The number of imidazole rings is 1. The number of nitrogens with two attached hydrogens (primary N) is 1. The Morgan fingerprint density at radius 3 is 2.63 bits per heavy atom. The highest BCUT2D eigenvalue weighted by atomic mass is 16.5. The van der Waals surface area contributed by atoms with Gasteiger partial charge in [0.1, 0.15) is 11.6 Å². The molecule has 2 N–H and O–H groups in total. The lowest BCUT2D eigenvalue weighted by molar-refractivity contribution is 0.317. The van der Waals surface area contributed by atoms with Gasteiger partial charge in [0.15, 0.2) is 0 Å². The van der Waals surface area contributed by atoms with Crippen LogP contribution in [0.3, 0.4) is 0 Å². The SMILES string of the molecule is CCCOc1ccc(-c2cn(CCN)c(C)n2)cc1. The topological polar surface area (TPSA) is 53.1 Å². The maximum atomic E-state index is 5.58. The molecule has 0 unspecified atom stereocenters. The number of nitrogens with zero attached hydrogens (tertiary/aromatic N) is 2. The van der Waals surface area contributed by atoms with Gasteiger partial charge in [-0.15, -0.1) is 0 Å². The van der Waals surface area contributed by atoms with Crippen molar-refractivity contribution in [2.75, 3.05) is 13.2 Å². The Balaban J connectivity index is 2.15. The van der Waals surface area contributed by atoms with Crippen molar-refractivity contribution in [2.24, 2.45) is 5.73 Å². The fourth-order valence-corrected chi connectivity index (χ4v) is 1.95. The first-order chi connectivity index (χ1) is 9.24. The molecule has 0 radical (unpaired) electrons. The molecule has 0 saturated carbocycles. The molecule has 0 saturated heterocycles. The second kappa shape index (κ2) is 6.38. The smallest absolute Gasteiger partial charge is 0.119 e. The molecule has 2 rings (SSSR count). The highest BCUT2D eigenvalue weighted by Crippen LogP contribution is 2.22. The lowest BCUT2D eigenvalue weighted by Crippen LogP contribution is -2.10. The highest BCUT2D eigenvalue weighted by molar-refractivity contribution is 5.59. The van der Waals surface area contributed by atoms with Gasteiger partial charge in [-0.25, -0.2) is 4.98 Å². The fourth-order valence-electron chi connectivity index (χ4n) is 1.95. The molecular weight excluding hydrogens is 238 g/mol. The van der Waals surface area contributed by atoms with Crippen LogP contribution in [0.4, 0.5) is 0 Å². The molecule has 4 heteroatoms. The predicted molar refractivity (Wildman–Crippen MR) is 77.2 cm³/mol. The Morgan fingerprint density at radius 2 is 2.00 bits per heavy atom. The Bertz CT molecular complexity index is 517. The van der Waals surface area contributed by atoms with E-state index < -0.39 is 0 Å². The van der Waals surface area contributed by atoms with E-state index >= 15 is 0 Å². The predicted octanol–water partition coefficient (Wildman–Crippen LogP) is 2.61. The van der Waals surface area contributed by atoms with E-state index in [1.165, 1.54) is 0 Å². The summed E-state index contributed by atoms with van der Waals surface area (Å²) in [6, 6.07) is 8.06. The van der Waals surface area contributed by atoms with Gasteiger partial charge in [0, 0.05) is 24.8 Å². The molecular formula is C15H21N3O. The molecule has 4 nitrogen and oxygen atoms in total. The first-order valence-electron chi connectivity index (χ1n) is 6.71. The fraction of sp³-hybridized carbons (Fsp3) is 0.400. The van der Waals surface area contributed by atoms with E-state index in [2.05, 4.69) is 16.5 Å². The molecule has 1 aromatic carbocycles. The maximum Gasteiger partial charge on any atom is 0.119 e. The molecule has 2 aromatic rings. The van der Waals surface area contributed by atoms with E-state index in [0.29, 0.717) is 6.54 Å². The van der Waals surface area contributed by atoms with E-state index in [9.17, 15) is 0 Å². The summed E-state index contributed by atoms with van der Waals surface area (Å²) in [7, 11) is 0. The molecule has 0 aliphatic rings. The van der Waals surface area contributed by atoms with Crippen LogP contribution < -0.4 is 10.5 Å². The van der Waals surface area contributed by atoms with E-state index in [-0.39, 0.29) is 0 Å². The zero-order valence-electron chi connectivity index (χ0n) is 11.6. The van der Waals surface area contributed by atoms with Crippen LogP contribution in [0.2, 0.25) is 0 Å². The van der Waals surface area contributed by atoms with Crippen LogP contribution in [0, 0.1) is 6.92 Å². The number of rotatable bonds is 6. The van der Waals surface area contributed by atoms with Crippen LogP contribution in [0.5, 0.6) is 5.75 Å². The Morgan fingerprint density at radius 1 is 1.26 bits per heavy atom. The van der Waals surface area contributed by atoms with Gasteiger partial charge in [0.25, 0.3) is 0 Å². The largest absolute Gasteiger partial charge is 0.494 e. The number of hydrogen-bond donors (Lipinski definition) is 1. The van der Waals surface area contributed by atoms with Gasteiger partial charge < -0.3 is 15.0 Å². The number of benzene rings is 1. The third-order valence-electron chi connectivity index (χ3n) is 2.97. The van der Waals surface area contributed by atoms with Gasteiger partial charge >= 0.3 is 0 Å². The second-order valence-corrected chi connectivity index (χ2v) is 4.53. The van der Waals surface area contributed by atoms with Crippen molar-refractivity contribution in [1.82, 2.24) is 9.55 Å². The van der Waals surface area contributed by atoms with Crippen molar-refractivity contribution < 1.29 is 4.74 Å². The maximum absolute atomic E-state index is 5.58. The summed E-state index contributed by atoms with van der Waals surface area (Å²) < 4.78 is 7.65. The average molecular weight is 259 g/mol. The molecule has 102 valence electrons. The molecule has 19 heavy (non-hydrogen) atoms. The summed E-state index contributed by atoms with van der Waals surface area (Å²) in [6.45, 7) is 6.28. The van der Waals surface area contributed by atoms with E-state index in [4.69, 9.17) is 10.5 Å². The zero-order chi connectivity index (χ0) is 13.7. The summed E-state index contributed by atoms with van der Waals surface area (Å²) in [5.74, 6) is 1.90. The van der Waals surface area contributed by atoms with Crippen LogP contribution in [-0.2, 0) is 6.54 Å².